The molecule has 2 saturated heterocycles. The molecule has 1 amide bonds. The van der Waals surface area contributed by atoms with E-state index in [2.05, 4.69) is 10.3 Å². The smallest absolute Gasteiger partial charge is 0.310 e. The number of carbonyl (C=O) groups excluding carboxylic acids is 1. The van der Waals surface area contributed by atoms with Gasteiger partial charge in [-0.3, -0.25) is 9.59 Å². The third kappa shape index (κ3) is 2.12. The Hall–Kier alpha value is -1.47. The number of amides is 1. The highest BCUT2D eigenvalue weighted by Crippen LogP contribution is 2.44. The summed E-state index contributed by atoms with van der Waals surface area (Å²) < 4.78 is 5.56. The first-order chi connectivity index (χ1) is 9.06. The molecule has 1 aromatic rings. The van der Waals surface area contributed by atoms with Crippen LogP contribution in [0.2, 0.25) is 0 Å². The van der Waals surface area contributed by atoms with Crippen molar-refractivity contribution >= 4 is 28.3 Å². The minimum atomic E-state index is -0.956. The third-order valence-corrected chi connectivity index (χ3v) is 4.59. The van der Waals surface area contributed by atoms with E-state index in [9.17, 15) is 14.7 Å². The second-order valence-electron chi connectivity index (χ2n) is 4.96. The van der Waals surface area contributed by atoms with E-state index in [-0.39, 0.29) is 18.1 Å². The largest absolute Gasteiger partial charge is 0.481 e. The van der Waals surface area contributed by atoms with Gasteiger partial charge in [0.25, 0.3) is 0 Å². The molecule has 2 fully saturated rings. The number of carbonyl (C=O) groups is 2. The van der Waals surface area contributed by atoms with E-state index in [1.807, 2.05) is 12.3 Å². The van der Waals surface area contributed by atoms with Crippen LogP contribution in [0.3, 0.4) is 0 Å². The number of carboxylic acids is 1. The van der Waals surface area contributed by atoms with Gasteiger partial charge >= 0.3 is 5.97 Å². The number of aryl methyl sites for hydroxylation is 1. The lowest BCUT2D eigenvalue weighted by molar-refractivity contribution is -0.147. The monoisotopic (exact) mass is 282 g/mol. The number of nitrogens with one attached hydrogen (secondary N) is 1. The van der Waals surface area contributed by atoms with Crippen LogP contribution in [0, 0.1) is 18.8 Å². The first-order valence-corrected chi connectivity index (χ1v) is 7.05. The molecule has 4 unspecified atom stereocenters. The van der Waals surface area contributed by atoms with Gasteiger partial charge in [-0.1, -0.05) is 0 Å². The van der Waals surface area contributed by atoms with Crippen molar-refractivity contribution in [1.82, 2.24) is 4.98 Å². The number of rotatable bonds is 3. The van der Waals surface area contributed by atoms with Crippen LogP contribution < -0.4 is 5.32 Å². The molecule has 102 valence electrons. The number of aliphatic carboxylic acids is 1. The molecular formula is C12H14N2O4S. The maximum Gasteiger partial charge on any atom is 0.310 e. The number of nitrogens with zero attached hydrogens (tertiary/aromatic N) is 1. The second-order valence-corrected chi connectivity index (χ2v) is 5.82. The normalized spacial score (nSPS) is 32.5. The lowest BCUT2D eigenvalue weighted by Gasteiger charge is -2.23. The molecule has 2 bridgehead atoms. The van der Waals surface area contributed by atoms with E-state index in [4.69, 9.17) is 4.74 Å². The SMILES string of the molecule is Cc1csc(NC(=O)C2C3CCC(O3)C2C(=O)O)n1. The van der Waals surface area contributed by atoms with Crippen LogP contribution in [0.15, 0.2) is 5.38 Å². The lowest BCUT2D eigenvalue weighted by atomic mass is 9.79. The Bertz CT molecular complexity index is 530. The van der Waals surface area contributed by atoms with Crippen molar-refractivity contribution in [2.45, 2.75) is 32.0 Å². The number of hydrogen-bond donors (Lipinski definition) is 2. The minimum absolute atomic E-state index is 0.271. The maximum atomic E-state index is 12.2. The van der Waals surface area contributed by atoms with Gasteiger partial charge in [-0.25, -0.2) is 4.98 Å². The van der Waals surface area contributed by atoms with Crippen molar-refractivity contribution < 1.29 is 19.4 Å². The molecule has 19 heavy (non-hydrogen) atoms. The van der Waals surface area contributed by atoms with Crippen molar-refractivity contribution in [3.05, 3.63) is 11.1 Å². The highest BCUT2D eigenvalue weighted by atomic mass is 32.1. The van der Waals surface area contributed by atoms with Crippen LogP contribution in [0.4, 0.5) is 5.13 Å². The van der Waals surface area contributed by atoms with Gasteiger partial charge in [0.2, 0.25) is 5.91 Å². The van der Waals surface area contributed by atoms with Crippen LogP contribution in [0.25, 0.3) is 0 Å². The molecule has 4 atom stereocenters. The summed E-state index contributed by atoms with van der Waals surface area (Å²) in [7, 11) is 0. The summed E-state index contributed by atoms with van der Waals surface area (Å²) in [4.78, 5) is 27.7. The number of thiazole rings is 1. The Morgan fingerprint density at radius 2 is 2.11 bits per heavy atom. The first kappa shape index (κ1) is 12.6. The van der Waals surface area contributed by atoms with E-state index in [1.165, 1.54) is 11.3 Å². The molecule has 2 aliphatic rings. The maximum absolute atomic E-state index is 12.2. The molecule has 6 nitrogen and oxygen atoms in total. The van der Waals surface area contributed by atoms with Crippen LogP contribution in [0.5, 0.6) is 0 Å². The predicted molar refractivity (Wildman–Crippen MR) is 68.0 cm³/mol. The van der Waals surface area contributed by atoms with Gasteiger partial charge in [0.05, 0.1) is 29.7 Å². The molecule has 0 saturated carbocycles. The van der Waals surface area contributed by atoms with Gasteiger partial charge < -0.3 is 15.2 Å². The summed E-state index contributed by atoms with van der Waals surface area (Å²) in [6.45, 7) is 1.84. The molecular weight excluding hydrogens is 268 g/mol. The second kappa shape index (κ2) is 4.57. The molecule has 7 heteroatoms. The Morgan fingerprint density at radius 1 is 1.42 bits per heavy atom. The summed E-state index contributed by atoms with van der Waals surface area (Å²) in [5.74, 6) is -2.60. The summed E-state index contributed by atoms with van der Waals surface area (Å²) in [6.07, 6.45) is 0.883. The average Bonchev–Trinajstić information content (AvgIpc) is 3.03. The van der Waals surface area contributed by atoms with Gasteiger partial charge in [0.1, 0.15) is 0 Å². The van der Waals surface area contributed by atoms with Crippen LogP contribution in [-0.4, -0.2) is 34.2 Å². The summed E-state index contributed by atoms with van der Waals surface area (Å²) in [5.41, 5.74) is 0.833. The number of anilines is 1. The molecule has 3 heterocycles. The van der Waals surface area contributed by atoms with Crippen LogP contribution in [0.1, 0.15) is 18.5 Å². The van der Waals surface area contributed by atoms with Crippen molar-refractivity contribution in [2.24, 2.45) is 11.8 Å². The Kier molecular flexibility index (Phi) is 3.02. The van der Waals surface area contributed by atoms with Crippen LogP contribution >= 0.6 is 11.3 Å². The zero-order valence-corrected chi connectivity index (χ0v) is 11.1. The Balaban J connectivity index is 1.77. The molecule has 3 rings (SSSR count). The third-order valence-electron chi connectivity index (χ3n) is 3.71. The zero-order valence-electron chi connectivity index (χ0n) is 10.3. The molecule has 2 aliphatic heterocycles. The number of ether oxygens (including phenoxy) is 1. The van der Waals surface area contributed by atoms with Gasteiger partial charge in [0.15, 0.2) is 5.13 Å². The average molecular weight is 282 g/mol. The molecule has 0 aliphatic carbocycles. The summed E-state index contributed by atoms with van der Waals surface area (Å²) >= 11 is 1.34. The fourth-order valence-corrected chi connectivity index (χ4v) is 3.62. The summed E-state index contributed by atoms with van der Waals surface area (Å²) in [5, 5.41) is 14.3. The number of fused-ring (bicyclic) bond motifs is 2. The molecule has 0 aromatic carbocycles. The highest BCUT2D eigenvalue weighted by molar-refractivity contribution is 7.13. The van der Waals surface area contributed by atoms with Crippen LogP contribution in [-0.2, 0) is 14.3 Å². The standard InChI is InChI=1S/C12H14N2O4S/c1-5-4-19-12(13-5)14-10(15)8-6-2-3-7(18-6)9(8)11(16)17/h4,6-9H,2-3H2,1H3,(H,16,17)(H,13,14,15). The number of aromatic nitrogens is 1. The first-order valence-electron chi connectivity index (χ1n) is 6.17. The topological polar surface area (TPSA) is 88.5 Å². The minimum Gasteiger partial charge on any atom is -0.481 e. The number of hydrogen-bond acceptors (Lipinski definition) is 5. The fraction of sp³-hybridized carbons (Fsp3) is 0.583. The van der Waals surface area contributed by atoms with E-state index in [0.29, 0.717) is 5.13 Å². The zero-order chi connectivity index (χ0) is 13.6. The van der Waals surface area contributed by atoms with Crippen molar-refractivity contribution in [2.75, 3.05) is 5.32 Å². The molecule has 1 aromatic heterocycles. The van der Waals surface area contributed by atoms with Gasteiger partial charge in [-0.2, -0.15) is 0 Å². The van der Waals surface area contributed by atoms with Gasteiger partial charge in [0, 0.05) is 5.38 Å². The molecule has 2 N–H and O–H groups in total. The Morgan fingerprint density at radius 3 is 2.68 bits per heavy atom. The highest BCUT2D eigenvalue weighted by Gasteiger charge is 2.55. The fourth-order valence-electron chi connectivity index (χ4n) is 2.92. The lowest BCUT2D eigenvalue weighted by Crippen LogP contribution is -2.40. The summed E-state index contributed by atoms with van der Waals surface area (Å²) in [6, 6.07) is 0. The van der Waals surface area contributed by atoms with Gasteiger partial charge in [-0.05, 0) is 19.8 Å². The number of carboxylic acid groups (broad SMARTS) is 1. The van der Waals surface area contributed by atoms with E-state index in [1.54, 1.807) is 0 Å². The molecule has 0 spiro atoms. The van der Waals surface area contributed by atoms with Crippen molar-refractivity contribution in [1.29, 1.82) is 0 Å². The van der Waals surface area contributed by atoms with Crippen molar-refractivity contribution in [3.8, 4) is 0 Å². The van der Waals surface area contributed by atoms with E-state index in [0.717, 1.165) is 18.5 Å². The van der Waals surface area contributed by atoms with Gasteiger partial charge in [-0.15, -0.1) is 11.3 Å². The molecule has 0 radical (unpaired) electrons. The van der Waals surface area contributed by atoms with Crippen molar-refractivity contribution in [3.63, 3.8) is 0 Å². The quantitative estimate of drug-likeness (QED) is 0.871. The Labute approximate surface area is 113 Å². The van der Waals surface area contributed by atoms with E-state index < -0.39 is 17.8 Å². The van der Waals surface area contributed by atoms with E-state index >= 15 is 0 Å². The predicted octanol–water partition coefficient (Wildman–Crippen LogP) is 1.27.